The van der Waals surface area contributed by atoms with E-state index in [1.807, 2.05) is 30.6 Å². The van der Waals surface area contributed by atoms with Gasteiger partial charge in [0.05, 0.1) is 21.2 Å². The van der Waals surface area contributed by atoms with Gasteiger partial charge in [0.15, 0.2) is 0 Å². The molecule has 1 aromatic carbocycles. The van der Waals surface area contributed by atoms with Gasteiger partial charge in [-0.15, -0.1) is 12.4 Å². The number of pyridine rings is 1. The number of nitrogens with two attached hydrogens (primary N) is 1. The van der Waals surface area contributed by atoms with Crippen molar-refractivity contribution in [3.8, 4) is 0 Å². The van der Waals surface area contributed by atoms with Crippen LogP contribution in [0.2, 0.25) is 0 Å². The fraction of sp³-hybridized carbons (Fsp3) is 0.364. The number of aromatic amines is 1. The quantitative estimate of drug-likeness (QED) is 0.505. The lowest BCUT2D eigenvalue weighted by atomic mass is 10.1. The van der Waals surface area contributed by atoms with Gasteiger partial charge in [0, 0.05) is 37.4 Å². The summed E-state index contributed by atoms with van der Waals surface area (Å²) in [6.45, 7) is 1.75. The first kappa shape index (κ1) is 21.2. The van der Waals surface area contributed by atoms with Crippen molar-refractivity contribution in [1.82, 2.24) is 9.97 Å². The number of benzene rings is 1. The predicted octanol–water partition coefficient (Wildman–Crippen LogP) is 4.42. The normalized spacial score (nSPS) is 23.1. The van der Waals surface area contributed by atoms with E-state index in [1.54, 1.807) is 0 Å². The number of amides is 1. The Hall–Kier alpha value is -2.09. The molecule has 4 N–H and O–H groups in total. The van der Waals surface area contributed by atoms with Crippen molar-refractivity contribution >= 4 is 56.7 Å². The van der Waals surface area contributed by atoms with Gasteiger partial charge < -0.3 is 20.9 Å². The number of rotatable bonds is 4. The number of nitrogens with zero attached hydrogens (tertiary/aromatic N) is 2. The molecule has 3 aromatic rings. The molecule has 158 valence electrons. The highest BCUT2D eigenvalue weighted by Gasteiger charge is 2.44. The molecule has 2 unspecified atom stereocenters. The molecule has 1 saturated carbocycles. The van der Waals surface area contributed by atoms with Crippen molar-refractivity contribution in [3.05, 3.63) is 52.8 Å². The zero-order valence-corrected chi connectivity index (χ0v) is 18.9. The zero-order valence-electron chi connectivity index (χ0n) is 16.5. The van der Waals surface area contributed by atoms with Crippen LogP contribution in [0.1, 0.15) is 30.7 Å². The molecule has 2 aromatic heterocycles. The molecule has 30 heavy (non-hydrogen) atoms. The van der Waals surface area contributed by atoms with Gasteiger partial charge in [-0.3, -0.25) is 4.79 Å². The maximum absolute atomic E-state index is 12.9. The summed E-state index contributed by atoms with van der Waals surface area (Å²) in [6, 6.07) is 10.4. The molecule has 0 radical (unpaired) electrons. The second-order valence-electron chi connectivity index (χ2n) is 8.08. The number of carbonyl (C=O) groups is 1. The number of aromatic nitrogens is 2. The maximum atomic E-state index is 12.9. The van der Waals surface area contributed by atoms with Crippen LogP contribution in [0.4, 0.5) is 11.4 Å². The molecule has 2 aliphatic rings. The van der Waals surface area contributed by atoms with Crippen LogP contribution in [-0.2, 0) is 4.79 Å². The molecule has 6 nitrogen and oxygen atoms in total. The molecule has 1 aliphatic heterocycles. The van der Waals surface area contributed by atoms with Crippen LogP contribution >= 0.6 is 28.3 Å². The van der Waals surface area contributed by atoms with Gasteiger partial charge in [0.1, 0.15) is 5.65 Å². The van der Waals surface area contributed by atoms with Crippen molar-refractivity contribution in [2.24, 2.45) is 11.7 Å². The third kappa shape index (κ3) is 3.94. The summed E-state index contributed by atoms with van der Waals surface area (Å²) < 4.78 is 0.919. The first-order chi connectivity index (χ1) is 14.1. The Kier molecular flexibility index (Phi) is 6.04. The van der Waals surface area contributed by atoms with Crippen LogP contribution in [0, 0.1) is 5.92 Å². The maximum Gasteiger partial charge on any atom is 0.228 e. The average molecular weight is 491 g/mol. The van der Waals surface area contributed by atoms with Crippen LogP contribution in [0.5, 0.6) is 0 Å². The minimum Gasteiger partial charge on any atom is -0.368 e. The van der Waals surface area contributed by atoms with Gasteiger partial charge in [0.25, 0.3) is 0 Å². The van der Waals surface area contributed by atoms with E-state index in [2.05, 4.69) is 48.2 Å². The van der Waals surface area contributed by atoms with Crippen LogP contribution in [0.15, 0.2) is 47.2 Å². The minimum atomic E-state index is 0. The molecule has 8 heteroatoms. The summed E-state index contributed by atoms with van der Waals surface area (Å²) in [4.78, 5) is 22.9. The summed E-state index contributed by atoms with van der Waals surface area (Å²) >= 11 is 3.67. The Morgan fingerprint density at radius 3 is 2.87 bits per heavy atom. The zero-order chi connectivity index (χ0) is 20.0. The molecule has 1 saturated heterocycles. The number of piperidine rings is 1. The van der Waals surface area contributed by atoms with E-state index >= 15 is 0 Å². The number of fused-ring (bicyclic) bond motifs is 1. The highest BCUT2D eigenvalue weighted by Crippen LogP contribution is 2.48. The third-order valence-electron chi connectivity index (χ3n) is 6.02. The Morgan fingerprint density at radius 2 is 2.10 bits per heavy atom. The Labute approximate surface area is 190 Å². The highest BCUT2D eigenvalue weighted by molar-refractivity contribution is 9.10. The Bertz CT molecular complexity index is 1060. The molecule has 0 spiro atoms. The van der Waals surface area contributed by atoms with E-state index in [0.717, 1.165) is 59.2 Å². The number of hydrogen-bond donors (Lipinski definition) is 3. The molecule has 3 heterocycles. The van der Waals surface area contributed by atoms with E-state index in [4.69, 9.17) is 5.73 Å². The van der Waals surface area contributed by atoms with Gasteiger partial charge >= 0.3 is 0 Å². The van der Waals surface area contributed by atoms with Crippen LogP contribution < -0.4 is 16.0 Å². The molecule has 2 fully saturated rings. The lowest BCUT2D eigenvalue weighted by molar-refractivity contribution is -0.117. The molecular weight excluding hydrogens is 466 g/mol. The van der Waals surface area contributed by atoms with Crippen LogP contribution in [-0.4, -0.2) is 35.0 Å². The van der Waals surface area contributed by atoms with Crippen molar-refractivity contribution in [2.75, 3.05) is 23.3 Å². The topological polar surface area (TPSA) is 87.0 Å². The van der Waals surface area contributed by atoms with Gasteiger partial charge in [-0.05, 0) is 46.7 Å². The second kappa shape index (κ2) is 8.57. The predicted molar refractivity (Wildman–Crippen MR) is 126 cm³/mol. The van der Waals surface area contributed by atoms with E-state index in [9.17, 15) is 4.79 Å². The smallest absolute Gasteiger partial charge is 0.228 e. The first-order valence-electron chi connectivity index (χ1n) is 10.1. The lowest BCUT2D eigenvalue weighted by Crippen LogP contribution is -2.43. The number of halogens is 2. The summed E-state index contributed by atoms with van der Waals surface area (Å²) in [5.74, 6) is 0.404. The summed E-state index contributed by atoms with van der Waals surface area (Å²) in [6.07, 6.45) is 6.65. The second-order valence-corrected chi connectivity index (χ2v) is 8.93. The summed E-state index contributed by atoms with van der Waals surface area (Å²) in [5, 5.41) is 4.10. The highest BCUT2D eigenvalue weighted by atomic mass is 79.9. The number of nitrogens with one attached hydrogen (secondary N) is 2. The van der Waals surface area contributed by atoms with Crippen molar-refractivity contribution in [3.63, 3.8) is 0 Å². The number of anilines is 2. The molecule has 1 amide bonds. The molecule has 0 bridgehead atoms. The number of H-pyrrole nitrogens is 1. The van der Waals surface area contributed by atoms with Crippen molar-refractivity contribution in [1.29, 1.82) is 0 Å². The SMILES string of the molecule is Cl.N[C@@H]1CCCN(c2c(Br)cnc3[nH]cc(NC(=O)C4CC4c4ccccc4)c23)C1. The van der Waals surface area contributed by atoms with Crippen LogP contribution in [0.3, 0.4) is 0 Å². The first-order valence-corrected chi connectivity index (χ1v) is 10.9. The van der Waals surface area contributed by atoms with E-state index in [0.29, 0.717) is 5.92 Å². The summed E-state index contributed by atoms with van der Waals surface area (Å²) in [5.41, 5.74) is 10.1. The van der Waals surface area contributed by atoms with Crippen LogP contribution in [0.25, 0.3) is 11.0 Å². The fourth-order valence-electron chi connectivity index (χ4n) is 4.46. The fourth-order valence-corrected chi connectivity index (χ4v) is 5.01. The largest absolute Gasteiger partial charge is 0.368 e. The minimum absolute atomic E-state index is 0. The van der Waals surface area contributed by atoms with E-state index in [1.165, 1.54) is 5.56 Å². The van der Waals surface area contributed by atoms with Gasteiger partial charge in [-0.2, -0.15) is 0 Å². The van der Waals surface area contributed by atoms with Gasteiger partial charge in [-0.1, -0.05) is 30.3 Å². The standard InChI is InChI=1S/C22H24BrN5O.ClH/c23-17-10-25-21-19(20(17)28-8-4-7-14(24)12-28)18(11-26-21)27-22(29)16-9-15(16)13-5-2-1-3-6-13;/h1-3,5-6,10-11,14-16H,4,7-9,12,24H2,(H,25,26)(H,27,29);1H/t14-,15?,16?;/m1./s1. The number of carbonyl (C=O) groups excluding carboxylic acids is 1. The Balaban J connectivity index is 0.00000218. The van der Waals surface area contributed by atoms with Gasteiger partial charge in [-0.25, -0.2) is 4.98 Å². The average Bonchev–Trinajstić information content (AvgIpc) is 3.44. The van der Waals surface area contributed by atoms with E-state index < -0.39 is 0 Å². The molecular formula is C22H25BrClN5O. The molecule has 1 aliphatic carbocycles. The monoisotopic (exact) mass is 489 g/mol. The van der Waals surface area contributed by atoms with Crippen molar-refractivity contribution in [2.45, 2.75) is 31.2 Å². The van der Waals surface area contributed by atoms with E-state index in [-0.39, 0.29) is 30.3 Å². The summed E-state index contributed by atoms with van der Waals surface area (Å²) in [7, 11) is 0. The Morgan fingerprint density at radius 1 is 1.30 bits per heavy atom. The van der Waals surface area contributed by atoms with Crippen molar-refractivity contribution < 1.29 is 4.79 Å². The molecule has 5 rings (SSSR count). The number of hydrogen-bond acceptors (Lipinski definition) is 4. The third-order valence-corrected chi connectivity index (χ3v) is 6.60. The molecule has 3 atom stereocenters. The lowest BCUT2D eigenvalue weighted by Gasteiger charge is -2.33. The van der Waals surface area contributed by atoms with Gasteiger partial charge in [0.2, 0.25) is 5.91 Å².